The Morgan fingerprint density at radius 1 is 1.03 bits per heavy atom. The van der Waals surface area contributed by atoms with E-state index < -0.39 is 0 Å². The van der Waals surface area contributed by atoms with Gasteiger partial charge in [0.15, 0.2) is 5.96 Å². The quantitative estimate of drug-likeness (QED) is 0.212. The van der Waals surface area contributed by atoms with Crippen LogP contribution in [0.15, 0.2) is 23.2 Å². The molecule has 0 saturated heterocycles. The fraction of sp³-hybridized carbons (Fsp3) is 0.524. The Bertz CT molecular complexity index is 798. The molecule has 0 aliphatic rings. The summed E-state index contributed by atoms with van der Waals surface area (Å²) in [6.45, 7) is 8.99. The zero-order valence-corrected chi connectivity index (χ0v) is 21.1. The second-order valence-electron chi connectivity index (χ2n) is 6.64. The number of benzene rings is 1. The minimum Gasteiger partial charge on any atom is -0.496 e. The van der Waals surface area contributed by atoms with E-state index in [4.69, 9.17) is 19.2 Å². The van der Waals surface area contributed by atoms with Crippen LogP contribution in [-0.4, -0.2) is 50.2 Å². The highest BCUT2D eigenvalue weighted by Gasteiger charge is 2.13. The van der Waals surface area contributed by atoms with Crippen molar-refractivity contribution in [3.05, 3.63) is 35.2 Å². The highest BCUT2D eigenvalue weighted by molar-refractivity contribution is 14.0. The molecule has 9 heteroatoms. The molecule has 0 unspecified atom stereocenters. The van der Waals surface area contributed by atoms with Gasteiger partial charge in [0, 0.05) is 37.5 Å². The summed E-state index contributed by atoms with van der Waals surface area (Å²) < 4.78 is 18.3. The standard InChI is InChI=1S/C21H33N5O3.HI/c1-7-22-21(23-9-8-10-26-16(3)11-15(2)25-26)24-14-18-19(28-5)12-17(27-4)13-20(18)29-6;/h11-13H,7-10,14H2,1-6H3,(H2,22,23,24);1H. The van der Waals surface area contributed by atoms with Crippen molar-refractivity contribution in [2.45, 2.75) is 40.3 Å². The lowest BCUT2D eigenvalue weighted by Crippen LogP contribution is -2.38. The normalized spacial score (nSPS) is 10.9. The van der Waals surface area contributed by atoms with Crippen LogP contribution in [0.1, 0.15) is 30.3 Å². The van der Waals surface area contributed by atoms with Crippen LogP contribution in [0.2, 0.25) is 0 Å². The molecule has 8 nitrogen and oxygen atoms in total. The molecule has 2 aromatic rings. The van der Waals surface area contributed by atoms with E-state index in [1.54, 1.807) is 21.3 Å². The van der Waals surface area contributed by atoms with Gasteiger partial charge in [-0.3, -0.25) is 4.68 Å². The van der Waals surface area contributed by atoms with Gasteiger partial charge in [-0.15, -0.1) is 24.0 Å². The maximum absolute atomic E-state index is 5.50. The van der Waals surface area contributed by atoms with Gasteiger partial charge in [-0.05, 0) is 33.3 Å². The number of aromatic nitrogens is 2. The van der Waals surface area contributed by atoms with E-state index in [0.717, 1.165) is 43.3 Å². The molecule has 0 fully saturated rings. The smallest absolute Gasteiger partial charge is 0.191 e. The number of methoxy groups -OCH3 is 3. The molecule has 0 saturated carbocycles. The first kappa shape index (κ1) is 25.9. The number of nitrogens with zero attached hydrogens (tertiary/aromatic N) is 3. The van der Waals surface area contributed by atoms with Gasteiger partial charge in [0.05, 0.1) is 39.1 Å². The molecule has 0 aliphatic heterocycles. The van der Waals surface area contributed by atoms with Crippen molar-refractivity contribution in [1.82, 2.24) is 20.4 Å². The molecule has 2 rings (SSSR count). The van der Waals surface area contributed by atoms with Gasteiger partial charge < -0.3 is 24.8 Å². The van der Waals surface area contributed by atoms with Gasteiger partial charge in [0.2, 0.25) is 0 Å². The molecule has 0 amide bonds. The summed E-state index contributed by atoms with van der Waals surface area (Å²) in [5, 5.41) is 11.1. The molecule has 30 heavy (non-hydrogen) atoms. The lowest BCUT2D eigenvalue weighted by molar-refractivity contribution is 0.369. The van der Waals surface area contributed by atoms with Gasteiger partial charge in [-0.1, -0.05) is 0 Å². The van der Waals surface area contributed by atoms with Crippen LogP contribution in [0.25, 0.3) is 0 Å². The molecule has 1 aromatic heterocycles. The summed E-state index contributed by atoms with van der Waals surface area (Å²) in [5.41, 5.74) is 3.10. The predicted molar refractivity (Wildman–Crippen MR) is 131 cm³/mol. The average molecular weight is 531 g/mol. The van der Waals surface area contributed by atoms with Crippen molar-refractivity contribution in [3.8, 4) is 17.2 Å². The summed E-state index contributed by atoms with van der Waals surface area (Å²) in [5.74, 6) is 2.80. The summed E-state index contributed by atoms with van der Waals surface area (Å²) in [7, 11) is 4.87. The summed E-state index contributed by atoms with van der Waals surface area (Å²) in [4.78, 5) is 4.69. The Morgan fingerprint density at radius 2 is 1.70 bits per heavy atom. The minimum absolute atomic E-state index is 0. The number of ether oxygens (including phenoxy) is 3. The molecular formula is C21H34IN5O3. The van der Waals surface area contributed by atoms with E-state index in [1.807, 2.05) is 30.7 Å². The number of aryl methyl sites for hydroxylation is 3. The average Bonchev–Trinajstić information content (AvgIpc) is 3.05. The first-order valence-corrected chi connectivity index (χ1v) is 9.84. The summed E-state index contributed by atoms with van der Waals surface area (Å²) in [6.07, 6.45) is 0.946. The fourth-order valence-corrected chi connectivity index (χ4v) is 3.07. The molecule has 168 valence electrons. The molecular weight excluding hydrogens is 497 g/mol. The number of guanidine groups is 1. The minimum atomic E-state index is 0. The lowest BCUT2D eigenvalue weighted by atomic mass is 10.1. The van der Waals surface area contributed by atoms with Crippen molar-refractivity contribution < 1.29 is 14.2 Å². The molecule has 2 N–H and O–H groups in total. The van der Waals surface area contributed by atoms with Gasteiger partial charge in [0.25, 0.3) is 0 Å². The van der Waals surface area contributed by atoms with E-state index in [9.17, 15) is 0 Å². The van der Waals surface area contributed by atoms with E-state index >= 15 is 0 Å². The van der Waals surface area contributed by atoms with Crippen LogP contribution >= 0.6 is 24.0 Å². The highest BCUT2D eigenvalue weighted by Crippen LogP contribution is 2.34. The van der Waals surface area contributed by atoms with Crippen molar-refractivity contribution in [1.29, 1.82) is 0 Å². The van der Waals surface area contributed by atoms with Gasteiger partial charge in [-0.25, -0.2) is 4.99 Å². The topological polar surface area (TPSA) is 81.9 Å². The number of hydrogen-bond acceptors (Lipinski definition) is 5. The molecule has 1 heterocycles. The maximum atomic E-state index is 5.50. The third-order valence-corrected chi connectivity index (χ3v) is 4.50. The first-order chi connectivity index (χ1) is 14.0. The number of hydrogen-bond donors (Lipinski definition) is 2. The molecule has 0 aliphatic carbocycles. The highest BCUT2D eigenvalue weighted by atomic mass is 127. The lowest BCUT2D eigenvalue weighted by Gasteiger charge is -2.15. The Kier molecular flexibility index (Phi) is 11.4. The monoisotopic (exact) mass is 531 g/mol. The second-order valence-corrected chi connectivity index (χ2v) is 6.64. The number of halogens is 1. The van der Waals surface area contributed by atoms with Crippen LogP contribution in [0.3, 0.4) is 0 Å². The van der Waals surface area contributed by atoms with E-state index in [2.05, 4.69) is 28.7 Å². The Labute approximate surface area is 196 Å². The largest absolute Gasteiger partial charge is 0.496 e. The van der Waals surface area contributed by atoms with Crippen LogP contribution in [-0.2, 0) is 13.1 Å². The predicted octanol–water partition coefficient (Wildman–Crippen LogP) is 3.29. The Morgan fingerprint density at radius 3 is 2.20 bits per heavy atom. The number of rotatable bonds is 10. The summed E-state index contributed by atoms with van der Waals surface area (Å²) in [6, 6.07) is 5.76. The second kappa shape index (κ2) is 13.2. The SMILES string of the molecule is CCNC(=NCc1c(OC)cc(OC)cc1OC)NCCCn1nc(C)cc1C.I. The van der Waals surface area contributed by atoms with E-state index in [1.165, 1.54) is 5.69 Å². The zero-order chi connectivity index (χ0) is 21.2. The Balaban J connectivity index is 0.00000450. The van der Waals surface area contributed by atoms with Crippen molar-refractivity contribution in [2.75, 3.05) is 34.4 Å². The van der Waals surface area contributed by atoms with Crippen LogP contribution in [0, 0.1) is 13.8 Å². The zero-order valence-electron chi connectivity index (χ0n) is 18.7. The van der Waals surface area contributed by atoms with Gasteiger partial charge in [-0.2, -0.15) is 5.10 Å². The van der Waals surface area contributed by atoms with Crippen molar-refractivity contribution >= 4 is 29.9 Å². The van der Waals surface area contributed by atoms with E-state index in [-0.39, 0.29) is 24.0 Å². The summed E-state index contributed by atoms with van der Waals surface area (Å²) >= 11 is 0. The van der Waals surface area contributed by atoms with Crippen LogP contribution in [0.5, 0.6) is 17.2 Å². The Hall–Kier alpha value is -2.17. The maximum Gasteiger partial charge on any atom is 0.191 e. The molecule has 0 radical (unpaired) electrons. The van der Waals surface area contributed by atoms with Crippen molar-refractivity contribution in [2.24, 2.45) is 4.99 Å². The van der Waals surface area contributed by atoms with Crippen LogP contribution < -0.4 is 24.8 Å². The molecule has 0 atom stereocenters. The van der Waals surface area contributed by atoms with Crippen molar-refractivity contribution in [3.63, 3.8) is 0 Å². The van der Waals surface area contributed by atoms with Gasteiger partial charge in [0.1, 0.15) is 17.2 Å². The third-order valence-electron chi connectivity index (χ3n) is 4.50. The van der Waals surface area contributed by atoms with E-state index in [0.29, 0.717) is 23.8 Å². The third kappa shape index (κ3) is 7.26. The number of nitrogens with one attached hydrogen (secondary N) is 2. The van der Waals surface area contributed by atoms with Gasteiger partial charge >= 0.3 is 0 Å². The fourth-order valence-electron chi connectivity index (χ4n) is 3.07. The first-order valence-electron chi connectivity index (χ1n) is 9.84. The molecule has 0 spiro atoms. The molecule has 1 aromatic carbocycles. The molecule has 0 bridgehead atoms. The van der Waals surface area contributed by atoms with Crippen LogP contribution in [0.4, 0.5) is 0 Å². The number of aliphatic imine (C=N–C) groups is 1.